The van der Waals surface area contributed by atoms with Crippen LogP contribution in [0.15, 0.2) is 28.0 Å². The minimum absolute atomic E-state index is 0.153. The van der Waals surface area contributed by atoms with E-state index < -0.39 is 0 Å². The molecule has 1 aliphatic rings. The quantitative estimate of drug-likeness (QED) is 0.591. The molecule has 3 heterocycles. The predicted molar refractivity (Wildman–Crippen MR) is 113 cm³/mol. The molecule has 0 aliphatic heterocycles. The van der Waals surface area contributed by atoms with Crippen molar-refractivity contribution in [1.29, 1.82) is 5.26 Å². The number of nitrogens with zero attached hydrogens (tertiary/aromatic N) is 4. The minimum atomic E-state index is -0.153. The lowest BCUT2D eigenvalue weighted by Crippen LogP contribution is -2.14. The zero-order chi connectivity index (χ0) is 20.4. The van der Waals surface area contributed by atoms with E-state index in [0.717, 1.165) is 31.2 Å². The number of furan rings is 1. The van der Waals surface area contributed by atoms with Crippen LogP contribution in [0.25, 0.3) is 11.6 Å². The molecule has 3 aromatic rings. The number of thioether (sulfide) groups is 1. The number of aromatic nitrogens is 3. The van der Waals surface area contributed by atoms with Crippen molar-refractivity contribution < 1.29 is 9.21 Å². The Hall–Kier alpha value is -2.57. The van der Waals surface area contributed by atoms with E-state index in [2.05, 4.69) is 28.5 Å². The maximum atomic E-state index is 12.5. The number of hydrogen-bond donors (Lipinski definition) is 1. The largest absolute Gasteiger partial charge is 0.461 e. The van der Waals surface area contributed by atoms with Gasteiger partial charge in [-0.15, -0.1) is 21.5 Å². The molecule has 150 valence electrons. The third kappa shape index (κ3) is 3.95. The highest BCUT2D eigenvalue weighted by Gasteiger charge is 2.26. The average Bonchev–Trinajstić information content (AvgIpc) is 3.44. The third-order valence-electron chi connectivity index (χ3n) is 5.22. The molecule has 1 amide bonds. The predicted octanol–water partition coefficient (Wildman–Crippen LogP) is 4.25. The molecule has 0 radical (unpaired) electrons. The molecule has 0 saturated heterocycles. The number of fused-ring (bicyclic) bond motifs is 1. The van der Waals surface area contributed by atoms with Gasteiger partial charge >= 0.3 is 0 Å². The summed E-state index contributed by atoms with van der Waals surface area (Å²) in [5.41, 5.74) is 1.76. The molecule has 1 unspecified atom stereocenters. The second kappa shape index (κ2) is 8.43. The van der Waals surface area contributed by atoms with Crippen molar-refractivity contribution >= 4 is 34.0 Å². The second-order valence-electron chi connectivity index (χ2n) is 7.02. The lowest BCUT2D eigenvalue weighted by molar-refractivity contribution is -0.113. The van der Waals surface area contributed by atoms with Crippen LogP contribution in [0.5, 0.6) is 0 Å². The van der Waals surface area contributed by atoms with Gasteiger partial charge in [-0.25, -0.2) is 0 Å². The first kappa shape index (κ1) is 19.7. The maximum absolute atomic E-state index is 12.5. The summed E-state index contributed by atoms with van der Waals surface area (Å²) in [6.45, 7) is 2.21. The molecule has 0 saturated carbocycles. The van der Waals surface area contributed by atoms with Gasteiger partial charge in [0.15, 0.2) is 16.7 Å². The van der Waals surface area contributed by atoms with Crippen LogP contribution in [0, 0.1) is 17.2 Å². The third-order valence-corrected chi connectivity index (χ3v) is 7.41. The molecule has 29 heavy (non-hydrogen) atoms. The summed E-state index contributed by atoms with van der Waals surface area (Å²) < 4.78 is 7.16. The van der Waals surface area contributed by atoms with Crippen molar-refractivity contribution in [2.75, 3.05) is 11.1 Å². The molecular formula is C20H21N5O2S2. The molecule has 7 nitrogen and oxygen atoms in total. The molecule has 1 atom stereocenters. The van der Waals surface area contributed by atoms with E-state index in [1.807, 2.05) is 13.1 Å². The molecule has 9 heteroatoms. The van der Waals surface area contributed by atoms with Crippen molar-refractivity contribution in [1.82, 2.24) is 14.8 Å². The Bertz CT molecular complexity index is 1060. The van der Waals surface area contributed by atoms with E-state index in [9.17, 15) is 10.1 Å². The molecule has 0 fully saturated rings. The fourth-order valence-electron chi connectivity index (χ4n) is 3.56. The van der Waals surface area contributed by atoms with Crippen LogP contribution in [0.3, 0.4) is 0 Å². The smallest absolute Gasteiger partial charge is 0.235 e. The minimum Gasteiger partial charge on any atom is -0.461 e. The lowest BCUT2D eigenvalue weighted by Gasteiger charge is -2.20. The van der Waals surface area contributed by atoms with E-state index in [4.69, 9.17) is 4.42 Å². The van der Waals surface area contributed by atoms with Crippen LogP contribution >= 0.6 is 23.1 Å². The van der Waals surface area contributed by atoms with Crippen LogP contribution in [0.2, 0.25) is 0 Å². The second-order valence-corrected chi connectivity index (χ2v) is 9.06. The zero-order valence-electron chi connectivity index (χ0n) is 16.3. The number of rotatable bonds is 6. The van der Waals surface area contributed by atoms with Crippen molar-refractivity contribution in [3.8, 4) is 17.7 Å². The van der Waals surface area contributed by atoms with E-state index >= 15 is 0 Å². The van der Waals surface area contributed by atoms with E-state index in [1.165, 1.54) is 16.6 Å². The molecule has 4 rings (SSSR count). The molecule has 0 aromatic carbocycles. The Balaban J connectivity index is 1.42. The fraction of sp³-hybridized carbons (Fsp3) is 0.400. The van der Waals surface area contributed by atoms with Gasteiger partial charge in [-0.05, 0) is 42.9 Å². The number of thiophene rings is 1. The van der Waals surface area contributed by atoms with E-state index in [0.29, 0.717) is 33.2 Å². The molecule has 3 aromatic heterocycles. The van der Waals surface area contributed by atoms with Crippen LogP contribution in [-0.4, -0.2) is 26.4 Å². The molecular weight excluding hydrogens is 406 g/mol. The summed E-state index contributed by atoms with van der Waals surface area (Å²) in [5.74, 6) is 1.95. The first-order chi connectivity index (χ1) is 14.1. The number of carbonyl (C=O) groups excluding carboxylic acids is 1. The van der Waals surface area contributed by atoms with Gasteiger partial charge in [0, 0.05) is 11.9 Å². The highest BCUT2D eigenvalue weighted by molar-refractivity contribution is 7.99. The lowest BCUT2D eigenvalue weighted by atomic mass is 9.86. The Morgan fingerprint density at radius 1 is 1.52 bits per heavy atom. The van der Waals surface area contributed by atoms with Gasteiger partial charge in [-0.3, -0.25) is 4.79 Å². The number of anilines is 1. The summed E-state index contributed by atoms with van der Waals surface area (Å²) in [4.78, 5) is 13.8. The van der Waals surface area contributed by atoms with Crippen LogP contribution in [0.1, 0.15) is 35.8 Å². The fourth-order valence-corrected chi connectivity index (χ4v) is 5.60. The van der Waals surface area contributed by atoms with Gasteiger partial charge in [-0.1, -0.05) is 25.1 Å². The standard InChI is InChI=1S/C20H21N5O2S2/c1-3-12-6-7-13-14(10-21)19(29-16(13)9-12)22-17(26)11-28-20-24-23-18(25(20)2)15-5-4-8-27-15/h4-5,8,12H,3,6-7,9,11H2,1-2H3,(H,22,26). The van der Waals surface area contributed by atoms with Crippen molar-refractivity contribution in [2.45, 2.75) is 37.8 Å². The van der Waals surface area contributed by atoms with Gasteiger partial charge in [0.25, 0.3) is 0 Å². The SMILES string of the molecule is CCC1CCc2c(sc(NC(=O)CSc3nnc(-c4ccco4)n3C)c2C#N)C1. The van der Waals surface area contributed by atoms with Gasteiger partial charge < -0.3 is 14.3 Å². The Morgan fingerprint density at radius 2 is 2.38 bits per heavy atom. The first-order valence-electron chi connectivity index (χ1n) is 9.51. The zero-order valence-corrected chi connectivity index (χ0v) is 17.9. The summed E-state index contributed by atoms with van der Waals surface area (Å²) >= 11 is 2.85. The number of nitriles is 1. The Labute approximate surface area is 177 Å². The number of amides is 1. The summed E-state index contributed by atoms with van der Waals surface area (Å²) in [7, 11) is 1.84. The number of hydrogen-bond acceptors (Lipinski definition) is 7. The molecule has 0 bridgehead atoms. The number of carbonyl (C=O) groups is 1. The molecule has 1 N–H and O–H groups in total. The van der Waals surface area contributed by atoms with E-state index in [1.54, 1.807) is 28.2 Å². The van der Waals surface area contributed by atoms with Crippen LogP contribution in [0.4, 0.5) is 5.00 Å². The normalized spacial score (nSPS) is 15.7. The van der Waals surface area contributed by atoms with Gasteiger partial charge in [0.2, 0.25) is 5.91 Å². The van der Waals surface area contributed by atoms with Gasteiger partial charge in [-0.2, -0.15) is 5.26 Å². The summed E-state index contributed by atoms with van der Waals surface area (Å²) in [6, 6.07) is 5.90. The van der Waals surface area contributed by atoms with Gasteiger partial charge in [0.05, 0.1) is 17.6 Å². The molecule has 0 spiro atoms. The van der Waals surface area contributed by atoms with Crippen molar-refractivity contribution in [3.63, 3.8) is 0 Å². The number of nitrogens with one attached hydrogen (secondary N) is 1. The Morgan fingerprint density at radius 3 is 3.10 bits per heavy atom. The average molecular weight is 428 g/mol. The van der Waals surface area contributed by atoms with Crippen LogP contribution in [-0.2, 0) is 24.7 Å². The molecule has 1 aliphatic carbocycles. The highest BCUT2D eigenvalue weighted by Crippen LogP contribution is 2.40. The van der Waals surface area contributed by atoms with Crippen molar-refractivity contribution in [2.24, 2.45) is 13.0 Å². The maximum Gasteiger partial charge on any atom is 0.235 e. The monoisotopic (exact) mass is 427 g/mol. The topological polar surface area (TPSA) is 96.7 Å². The van der Waals surface area contributed by atoms with Gasteiger partial charge in [0.1, 0.15) is 11.1 Å². The van der Waals surface area contributed by atoms with Crippen LogP contribution < -0.4 is 5.32 Å². The highest BCUT2D eigenvalue weighted by atomic mass is 32.2. The summed E-state index contributed by atoms with van der Waals surface area (Å²) in [6.07, 6.45) is 5.77. The summed E-state index contributed by atoms with van der Waals surface area (Å²) in [5, 5.41) is 22.1. The van der Waals surface area contributed by atoms with E-state index in [-0.39, 0.29) is 11.7 Å². The van der Waals surface area contributed by atoms with Crippen molar-refractivity contribution in [3.05, 3.63) is 34.4 Å². The Kier molecular flexibility index (Phi) is 5.74. The first-order valence-corrected chi connectivity index (χ1v) is 11.3.